The van der Waals surface area contributed by atoms with Gasteiger partial charge >= 0.3 is 0 Å². The SMILES string of the molecule is [2H]C([2H])([2H])NC(=O)C1(n2c(NCc3cc(Cl)ccn3)nc3cnc(-c4cncc(Cl)c4)nc32)OCC(O)C1O. The molecule has 0 aromatic carbocycles. The number of anilines is 1. The molecule has 1 saturated heterocycles. The van der Waals surface area contributed by atoms with Gasteiger partial charge in [-0.05, 0) is 18.2 Å². The first-order valence-electron chi connectivity index (χ1n) is 12.0. The minimum Gasteiger partial charge on any atom is -0.388 e. The Morgan fingerprint density at radius 1 is 1.25 bits per heavy atom. The summed E-state index contributed by atoms with van der Waals surface area (Å²) < 4.78 is 29.4. The zero-order valence-electron chi connectivity index (χ0n) is 21.3. The van der Waals surface area contributed by atoms with Crippen molar-refractivity contribution < 1.29 is 23.9 Å². The molecule has 14 heteroatoms. The fourth-order valence-electron chi connectivity index (χ4n) is 3.93. The first-order valence-corrected chi connectivity index (χ1v) is 11.3. The maximum atomic E-state index is 13.5. The van der Waals surface area contributed by atoms with Gasteiger partial charge in [0.05, 0.1) is 30.1 Å². The van der Waals surface area contributed by atoms with E-state index in [0.717, 1.165) is 4.57 Å². The number of amides is 1. The summed E-state index contributed by atoms with van der Waals surface area (Å²) in [6, 6.07) is 4.77. The number of ether oxygens (including phenoxy) is 1. The Hall–Kier alpha value is -3.42. The summed E-state index contributed by atoms with van der Waals surface area (Å²) in [5.41, 5.74) is -1.40. The van der Waals surface area contributed by atoms with E-state index < -0.39 is 37.4 Å². The summed E-state index contributed by atoms with van der Waals surface area (Å²) in [7, 11) is 0. The number of likely N-dealkylation sites (N-methyl/N-ethyl adjacent to an activating group) is 1. The van der Waals surface area contributed by atoms with Gasteiger partial charge in [0.1, 0.15) is 17.7 Å². The van der Waals surface area contributed by atoms with Crippen molar-refractivity contribution >= 4 is 46.2 Å². The minimum atomic E-state index is -2.94. The van der Waals surface area contributed by atoms with Gasteiger partial charge in [0.25, 0.3) is 11.6 Å². The quantitative estimate of drug-likeness (QED) is 0.284. The number of aliphatic hydroxyl groups is 2. The number of aliphatic hydroxyl groups excluding tert-OH is 2. The number of halogens is 2. The van der Waals surface area contributed by atoms with Gasteiger partial charge in [-0.25, -0.2) is 15.0 Å². The standard InChI is InChI=1S/C22H20Cl2N8O4/c1-25-20(35)22(17(34)16(33)10-36-22)32-19-15(9-28-18(31-19)11-4-13(24)7-26-6-11)30-21(32)29-8-14-5-12(23)2-3-27-14/h2-7,9,16-17,33-34H,8,10H2,1H3,(H,25,35)(H,29,30)/i1D3. The van der Waals surface area contributed by atoms with E-state index in [1.807, 2.05) is 5.32 Å². The van der Waals surface area contributed by atoms with Crippen LogP contribution in [-0.2, 0) is 21.8 Å². The monoisotopic (exact) mass is 533 g/mol. The first kappa shape index (κ1) is 20.7. The molecule has 1 aliphatic heterocycles. The molecule has 4 aromatic rings. The van der Waals surface area contributed by atoms with Crippen LogP contribution in [0.2, 0.25) is 10.0 Å². The molecule has 0 spiro atoms. The average Bonchev–Trinajstić information content (AvgIpc) is 3.38. The molecule has 1 fully saturated rings. The molecule has 0 aliphatic carbocycles. The maximum Gasteiger partial charge on any atom is 0.276 e. The van der Waals surface area contributed by atoms with Gasteiger partial charge in [-0.1, -0.05) is 23.2 Å². The summed E-state index contributed by atoms with van der Waals surface area (Å²) in [4.78, 5) is 35.0. The van der Waals surface area contributed by atoms with Crippen molar-refractivity contribution in [2.24, 2.45) is 0 Å². The van der Waals surface area contributed by atoms with Gasteiger partial charge in [-0.15, -0.1) is 0 Å². The number of pyridine rings is 2. The van der Waals surface area contributed by atoms with Crippen LogP contribution in [0.5, 0.6) is 0 Å². The third kappa shape index (κ3) is 4.12. The number of hydrogen-bond acceptors (Lipinski definition) is 10. The maximum absolute atomic E-state index is 13.5. The molecule has 1 aliphatic rings. The number of fused-ring (bicyclic) bond motifs is 1. The predicted octanol–water partition coefficient (Wildman–Crippen LogP) is 1.35. The highest BCUT2D eigenvalue weighted by atomic mass is 35.5. The number of imidazole rings is 1. The Bertz CT molecular complexity index is 1560. The number of carbonyl (C=O) groups excluding carboxylic acids is 1. The van der Waals surface area contributed by atoms with Crippen LogP contribution in [0, 0.1) is 0 Å². The van der Waals surface area contributed by atoms with E-state index in [-0.39, 0.29) is 29.5 Å². The van der Waals surface area contributed by atoms with Crippen LogP contribution < -0.4 is 10.6 Å². The lowest BCUT2D eigenvalue weighted by Gasteiger charge is -2.32. The third-order valence-corrected chi connectivity index (χ3v) is 6.02. The first-order chi connectivity index (χ1) is 18.5. The molecule has 4 N–H and O–H groups in total. The molecule has 3 atom stereocenters. The second kappa shape index (κ2) is 9.56. The molecular formula is C22H20Cl2N8O4. The summed E-state index contributed by atoms with van der Waals surface area (Å²) in [6.45, 7) is -3.37. The number of carbonyl (C=O) groups is 1. The Labute approximate surface area is 218 Å². The van der Waals surface area contributed by atoms with E-state index in [1.54, 1.807) is 18.2 Å². The van der Waals surface area contributed by atoms with Gasteiger partial charge in [-0.3, -0.25) is 19.3 Å². The fraction of sp³-hybridized carbons (Fsp3) is 0.273. The Balaban J connectivity index is 1.71. The van der Waals surface area contributed by atoms with Gasteiger partial charge in [-0.2, -0.15) is 0 Å². The summed E-state index contributed by atoms with van der Waals surface area (Å²) in [5.74, 6) is -1.17. The fourth-order valence-corrected chi connectivity index (χ4v) is 4.29. The molecule has 1 amide bonds. The van der Waals surface area contributed by atoms with Crippen LogP contribution in [0.15, 0.2) is 43.0 Å². The molecule has 4 aromatic heterocycles. The third-order valence-electron chi connectivity index (χ3n) is 5.58. The highest BCUT2D eigenvalue weighted by Crippen LogP contribution is 2.38. The Morgan fingerprint density at radius 3 is 2.83 bits per heavy atom. The van der Waals surface area contributed by atoms with Crippen molar-refractivity contribution in [2.75, 3.05) is 18.9 Å². The molecule has 36 heavy (non-hydrogen) atoms. The molecule has 0 bridgehead atoms. The number of hydrogen-bond donors (Lipinski definition) is 4. The van der Waals surface area contributed by atoms with Crippen molar-refractivity contribution in [2.45, 2.75) is 24.5 Å². The molecule has 12 nitrogen and oxygen atoms in total. The van der Waals surface area contributed by atoms with E-state index in [4.69, 9.17) is 32.1 Å². The predicted molar refractivity (Wildman–Crippen MR) is 130 cm³/mol. The topological polar surface area (TPSA) is 160 Å². The zero-order valence-corrected chi connectivity index (χ0v) is 19.8. The lowest BCUT2D eigenvalue weighted by atomic mass is 10.0. The minimum absolute atomic E-state index is 0.0182. The van der Waals surface area contributed by atoms with Crippen molar-refractivity contribution in [1.29, 1.82) is 0 Å². The number of aromatic nitrogens is 6. The molecule has 5 rings (SSSR count). The van der Waals surface area contributed by atoms with Crippen molar-refractivity contribution in [1.82, 2.24) is 34.8 Å². The average molecular weight is 534 g/mol. The van der Waals surface area contributed by atoms with E-state index in [9.17, 15) is 15.0 Å². The van der Waals surface area contributed by atoms with Crippen molar-refractivity contribution in [3.8, 4) is 11.4 Å². The van der Waals surface area contributed by atoms with Crippen LogP contribution >= 0.6 is 23.2 Å². The molecule has 0 saturated carbocycles. The smallest absolute Gasteiger partial charge is 0.276 e. The summed E-state index contributed by atoms with van der Waals surface area (Å²) in [6.07, 6.45) is 2.33. The summed E-state index contributed by atoms with van der Waals surface area (Å²) >= 11 is 12.1. The normalized spacial score (nSPS) is 23.2. The molecule has 0 radical (unpaired) electrons. The van der Waals surface area contributed by atoms with E-state index >= 15 is 0 Å². The van der Waals surface area contributed by atoms with Crippen LogP contribution in [0.1, 0.15) is 9.81 Å². The molecule has 186 valence electrons. The van der Waals surface area contributed by atoms with Crippen LogP contribution in [0.3, 0.4) is 0 Å². The second-order valence-corrected chi connectivity index (χ2v) is 8.73. The summed E-state index contributed by atoms with van der Waals surface area (Å²) in [5, 5.41) is 27.1. The van der Waals surface area contributed by atoms with Crippen molar-refractivity contribution in [3.63, 3.8) is 0 Å². The van der Waals surface area contributed by atoms with Gasteiger partial charge in [0.2, 0.25) is 5.95 Å². The van der Waals surface area contributed by atoms with Gasteiger partial charge < -0.3 is 25.6 Å². The lowest BCUT2D eigenvalue weighted by molar-refractivity contribution is -0.167. The van der Waals surface area contributed by atoms with Crippen molar-refractivity contribution in [3.05, 3.63) is 58.7 Å². The molecule has 3 unspecified atom stereocenters. The highest BCUT2D eigenvalue weighted by Gasteiger charge is 2.58. The number of nitrogens with one attached hydrogen (secondary N) is 2. The van der Waals surface area contributed by atoms with E-state index in [2.05, 4.69) is 30.2 Å². The van der Waals surface area contributed by atoms with Crippen LogP contribution in [0.25, 0.3) is 22.6 Å². The number of rotatable bonds is 6. The number of nitrogens with zero attached hydrogens (tertiary/aromatic N) is 6. The molecular weight excluding hydrogens is 511 g/mol. The van der Waals surface area contributed by atoms with Gasteiger partial charge in [0, 0.05) is 40.3 Å². The lowest BCUT2D eigenvalue weighted by Crippen LogP contribution is -2.56. The largest absolute Gasteiger partial charge is 0.388 e. The Kier molecular flexibility index (Phi) is 5.51. The molecule has 5 heterocycles. The van der Waals surface area contributed by atoms with Crippen LogP contribution in [-0.4, -0.2) is 71.4 Å². The Morgan fingerprint density at radius 2 is 2.11 bits per heavy atom. The zero-order chi connectivity index (χ0) is 27.9. The second-order valence-electron chi connectivity index (χ2n) is 7.86. The van der Waals surface area contributed by atoms with Gasteiger partial charge in [0.15, 0.2) is 11.5 Å². The van der Waals surface area contributed by atoms with E-state index in [0.29, 0.717) is 21.3 Å². The van der Waals surface area contributed by atoms with E-state index in [1.165, 1.54) is 24.8 Å². The highest BCUT2D eigenvalue weighted by molar-refractivity contribution is 6.30. The van der Waals surface area contributed by atoms with Crippen LogP contribution in [0.4, 0.5) is 5.95 Å².